The molecule has 1 aliphatic rings. The Kier molecular flexibility index (Phi) is 6.27. The number of nitrogens with one attached hydrogen (secondary N) is 1. The summed E-state index contributed by atoms with van der Waals surface area (Å²) in [6.07, 6.45) is 5.68. The predicted octanol–water partition coefficient (Wildman–Crippen LogP) is 5.33. The minimum atomic E-state index is -0.233. The van der Waals surface area contributed by atoms with E-state index in [1.165, 1.54) is 4.90 Å². The van der Waals surface area contributed by atoms with Crippen LogP contribution in [0.5, 0.6) is 0 Å². The minimum Gasteiger partial charge on any atom is -0.278 e. The third kappa shape index (κ3) is 4.10. The van der Waals surface area contributed by atoms with Gasteiger partial charge in [-0.1, -0.05) is 50.5 Å². The Bertz CT molecular complexity index is 1220. The average molecular weight is 425 g/mol. The summed E-state index contributed by atoms with van der Waals surface area (Å²) in [6.45, 7) is 2.58. The van der Waals surface area contributed by atoms with Crippen LogP contribution in [0.1, 0.15) is 64.4 Å². The molecule has 0 atom stereocenters. The van der Waals surface area contributed by atoms with Gasteiger partial charge in [0, 0.05) is 28.4 Å². The van der Waals surface area contributed by atoms with E-state index in [1.807, 2.05) is 30.3 Å². The van der Waals surface area contributed by atoms with Crippen LogP contribution in [-0.4, -0.2) is 29.5 Å². The van der Waals surface area contributed by atoms with Crippen molar-refractivity contribution in [2.75, 3.05) is 12.0 Å². The second kappa shape index (κ2) is 9.44. The van der Waals surface area contributed by atoms with Crippen molar-refractivity contribution in [1.29, 1.82) is 5.26 Å². The van der Waals surface area contributed by atoms with E-state index < -0.39 is 0 Å². The molecule has 0 aromatic heterocycles. The topological polar surface area (TPSA) is 85.6 Å². The maximum Gasteiger partial charge on any atom is 0.261 e. The number of carbonyl (C=O) groups excluding carboxylic acids is 2. The molecule has 0 aliphatic carbocycles. The number of benzene rings is 3. The van der Waals surface area contributed by atoms with Gasteiger partial charge in [-0.15, -0.1) is 0 Å². The summed E-state index contributed by atoms with van der Waals surface area (Å²) >= 11 is 0. The molecule has 1 N–H and O–H groups in total. The molecule has 0 spiro atoms. The van der Waals surface area contributed by atoms with Crippen molar-refractivity contribution in [3.05, 3.63) is 76.9 Å². The number of unbranched alkanes of at least 4 members (excludes halogenated alkanes) is 3. The molecule has 0 bridgehead atoms. The van der Waals surface area contributed by atoms with E-state index in [1.54, 1.807) is 30.5 Å². The average Bonchev–Trinajstić information content (AvgIpc) is 2.83. The van der Waals surface area contributed by atoms with Crippen LogP contribution in [0.3, 0.4) is 0 Å². The summed E-state index contributed by atoms with van der Waals surface area (Å²) in [7, 11) is 0. The number of nitrogens with zero attached hydrogens (tertiary/aromatic N) is 3. The standard InChI is InChI=1S/C26H24N4O2/c1-2-3-4-5-15-30-25(31)21-8-6-7-20-23(14-13-22(24(20)21)26(30)32)29-28-17-19-11-9-18(16-27)10-12-19/h6-14,17,29H,2-5,15H2,1H3/b28-17+. The van der Waals surface area contributed by atoms with Crippen molar-refractivity contribution in [1.82, 2.24) is 4.90 Å². The van der Waals surface area contributed by atoms with Gasteiger partial charge >= 0.3 is 0 Å². The van der Waals surface area contributed by atoms with Crippen LogP contribution in [-0.2, 0) is 0 Å². The first-order chi connectivity index (χ1) is 15.6. The largest absolute Gasteiger partial charge is 0.278 e. The number of hydrazone groups is 1. The molecule has 3 aromatic rings. The second-order valence-corrected chi connectivity index (χ2v) is 7.82. The quantitative estimate of drug-likeness (QED) is 0.229. The highest BCUT2D eigenvalue weighted by Crippen LogP contribution is 2.34. The zero-order valence-electron chi connectivity index (χ0n) is 18.0. The summed E-state index contributed by atoms with van der Waals surface area (Å²) < 4.78 is 0. The Morgan fingerprint density at radius 1 is 0.969 bits per heavy atom. The third-order valence-electron chi connectivity index (χ3n) is 5.67. The zero-order valence-corrected chi connectivity index (χ0v) is 18.0. The highest BCUT2D eigenvalue weighted by Gasteiger charge is 2.32. The molecule has 1 heterocycles. The molecule has 4 rings (SSSR count). The first kappa shape index (κ1) is 21.3. The van der Waals surface area contributed by atoms with E-state index in [9.17, 15) is 9.59 Å². The molecular formula is C26H24N4O2. The van der Waals surface area contributed by atoms with Crippen molar-refractivity contribution in [3.63, 3.8) is 0 Å². The van der Waals surface area contributed by atoms with Crippen LogP contribution in [0.4, 0.5) is 5.69 Å². The van der Waals surface area contributed by atoms with Crippen molar-refractivity contribution >= 4 is 34.5 Å². The van der Waals surface area contributed by atoms with E-state index in [0.717, 1.165) is 36.6 Å². The first-order valence-corrected chi connectivity index (χ1v) is 10.8. The number of rotatable bonds is 8. The minimum absolute atomic E-state index is 0.233. The molecule has 6 nitrogen and oxygen atoms in total. The van der Waals surface area contributed by atoms with Crippen LogP contribution < -0.4 is 5.43 Å². The fourth-order valence-electron chi connectivity index (χ4n) is 3.96. The lowest BCUT2D eigenvalue weighted by atomic mass is 9.93. The van der Waals surface area contributed by atoms with E-state index in [4.69, 9.17) is 5.26 Å². The fraction of sp³-hybridized carbons (Fsp3) is 0.231. The molecule has 6 heteroatoms. The van der Waals surface area contributed by atoms with Gasteiger partial charge in [-0.2, -0.15) is 10.4 Å². The van der Waals surface area contributed by atoms with Crippen LogP contribution in [0.25, 0.3) is 10.8 Å². The van der Waals surface area contributed by atoms with Gasteiger partial charge in [0.2, 0.25) is 0 Å². The number of nitriles is 1. The Hall–Kier alpha value is -3.98. The normalized spacial score (nSPS) is 13.1. The molecular weight excluding hydrogens is 400 g/mol. The molecule has 0 fully saturated rings. The summed E-state index contributed by atoms with van der Waals surface area (Å²) in [5.74, 6) is -0.467. The molecule has 0 unspecified atom stereocenters. The van der Waals surface area contributed by atoms with Gasteiger partial charge in [0.05, 0.1) is 23.5 Å². The molecule has 32 heavy (non-hydrogen) atoms. The second-order valence-electron chi connectivity index (χ2n) is 7.82. The highest BCUT2D eigenvalue weighted by atomic mass is 16.2. The first-order valence-electron chi connectivity index (χ1n) is 10.8. The van der Waals surface area contributed by atoms with E-state index >= 15 is 0 Å². The van der Waals surface area contributed by atoms with Gasteiger partial charge in [0.25, 0.3) is 11.8 Å². The lowest BCUT2D eigenvalue weighted by Crippen LogP contribution is -2.40. The Balaban J connectivity index is 1.60. The summed E-state index contributed by atoms with van der Waals surface area (Å²) in [4.78, 5) is 27.5. The Labute approximate surface area is 187 Å². The van der Waals surface area contributed by atoms with Gasteiger partial charge in [-0.3, -0.25) is 19.9 Å². The van der Waals surface area contributed by atoms with Gasteiger partial charge in [-0.05, 0) is 42.3 Å². The summed E-state index contributed by atoms with van der Waals surface area (Å²) in [5.41, 5.74) is 6.28. The highest BCUT2D eigenvalue weighted by molar-refractivity contribution is 6.26. The lowest BCUT2D eigenvalue weighted by molar-refractivity contribution is 0.0608. The molecule has 0 saturated heterocycles. The maximum atomic E-state index is 13.1. The SMILES string of the molecule is CCCCCCN1C(=O)c2cccc3c(N/N=C/c4ccc(C#N)cc4)ccc(c23)C1=O. The van der Waals surface area contributed by atoms with E-state index in [0.29, 0.717) is 34.3 Å². The van der Waals surface area contributed by atoms with E-state index in [-0.39, 0.29) is 11.8 Å². The maximum absolute atomic E-state index is 13.1. The molecule has 2 amide bonds. The third-order valence-corrected chi connectivity index (χ3v) is 5.67. The van der Waals surface area contributed by atoms with E-state index in [2.05, 4.69) is 23.5 Å². The van der Waals surface area contributed by atoms with Crippen molar-refractivity contribution in [2.45, 2.75) is 32.6 Å². The van der Waals surface area contributed by atoms with Crippen molar-refractivity contribution in [3.8, 4) is 6.07 Å². The summed E-state index contributed by atoms with van der Waals surface area (Å²) in [6, 6.07) is 18.3. The lowest BCUT2D eigenvalue weighted by Gasteiger charge is -2.27. The summed E-state index contributed by atoms with van der Waals surface area (Å²) in [5, 5.41) is 14.6. The number of hydrogen-bond acceptors (Lipinski definition) is 5. The van der Waals surface area contributed by atoms with Crippen LogP contribution >= 0.6 is 0 Å². The molecule has 0 saturated carbocycles. The molecule has 1 aliphatic heterocycles. The van der Waals surface area contributed by atoms with Crippen LogP contribution in [0, 0.1) is 11.3 Å². The Morgan fingerprint density at radius 3 is 2.44 bits per heavy atom. The molecule has 0 radical (unpaired) electrons. The number of anilines is 1. The Morgan fingerprint density at radius 2 is 1.72 bits per heavy atom. The monoisotopic (exact) mass is 424 g/mol. The smallest absolute Gasteiger partial charge is 0.261 e. The molecule has 160 valence electrons. The fourth-order valence-corrected chi connectivity index (χ4v) is 3.96. The van der Waals surface area contributed by atoms with Gasteiger partial charge in [0.1, 0.15) is 0 Å². The zero-order chi connectivity index (χ0) is 22.5. The predicted molar refractivity (Wildman–Crippen MR) is 126 cm³/mol. The van der Waals surface area contributed by atoms with Crippen molar-refractivity contribution < 1.29 is 9.59 Å². The number of carbonyl (C=O) groups is 2. The van der Waals surface area contributed by atoms with Crippen molar-refractivity contribution in [2.24, 2.45) is 5.10 Å². The number of hydrogen-bond donors (Lipinski definition) is 1. The van der Waals surface area contributed by atoms with Gasteiger partial charge in [-0.25, -0.2) is 0 Å². The number of imide groups is 1. The number of amides is 2. The molecule has 3 aromatic carbocycles. The van der Waals surface area contributed by atoms with Gasteiger partial charge < -0.3 is 0 Å². The van der Waals surface area contributed by atoms with Crippen LogP contribution in [0.2, 0.25) is 0 Å². The van der Waals surface area contributed by atoms with Gasteiger partial charge in [0.15, 0.2) is 0 Å². The van der Waals surface area contributed by atoms with Crippen LogP contribution in [0.15, 0.2) is 59.7 Å².